The minimum absolute atomic E-state index is 0.524. The fourth-order valence-corrected chi connectivity index (χ4v) is 2.50. The summed E-state index contributed by atoms with van der Waals surface area (Å²) in [6.07, 6.45) is 0. The van der Waals surface area contributed by atoms with E-state index in [-0.39, 0.29) is 0 Å². The first-order valence-electron chi connectivity index (χ1n) is 4.54. The van der Waals surface area contributed by atoms with Crippen LogP contribution in [0.4, 0.5) is 0 Å². The van der Waals surface area contributed by atoms with Crippen LogP contribution in [0.25, 0.3) is 10.1 Å². The Bertz CT molecular complexity index is 429. The minimum atomic E-state index is 0.524. The molecule has 0 atom stereocenters. The lowest BCUT2D eigenvalue weighted by Gasteiger charge is -2.00. The van der Waals surface area contributed by atoms with Gasteiger partial charge in [0.1, 0.15) is 0 Å². The van der Waals surface area contributed by atoms with Crippen LogP contribution in [0, 0.1) is 6.92 Å². The third kappa shape index (κ3) is 1.46. The second-order valence-electron chi connectivity index (χ2n) is 3.72. The van der Waals surface area contributed by atoms with Gasteiger partial charge in [-0.3, -0.25) is 0 Å². The van der Waals surface area contributed by atoms with Gasteiger partial charge >= 0.3 is 0 Å². The van der Waals surface area contributed by atoms with Crippen LogP contribution < -0.4 is 0 Å². The molecule has 1 heterocycles. The molecule has 1 nitrogen and oxygen atoms in total. The van der Waals surface area contributed by atoms with Gasteiger partial charge in [-0.15, -0.1) is 0 Å². The van der Waals surface area contributed by atoms with E-state index in [1.54, 1.807) is 11.5 Å². The predicted molar refractivity (Wildman–Crippen MR) is 58.4 cm³/mol. The van der Waals surface area contributed by atoms with Crippen molar-refractivity contribution in [3.8, 4) is 0 Å². The molecule has 0 spiro atoms. The molecule has 1 aromatic heterocycles. The van der Waals surface area contributed by atoms with Crippen LogP contribution in [0.5, 0.6) is 0 Å². The summed E-state index contributed by atoms with van der Waals surface area (Å²) in [5, 5.41) is 1.32. The zero-order valence-electron chi connectivity index (χ0n) is 8.16. The molecule has 0 radical (unpaired) electrons. The van der Waals surface area contributed by atoms with Crippen LogP contribution in [0.1, 0.15) is 31.0 Å². The third-order valence-electron chi connectivity index (χ3n) is 2.20. The molecule has 2 rings (SSSR count). The second-order valence-corrected chi connectivity index (χ2v) is 4.53. The first-order chi connectivity index (χ1) is 6.18. The van der Waals surface area contributed by atoms with Gasteiger partial charge in [-0.1, -0.05) is 26.0 Å². The SMILES string of the molecule is Cc1ccc2c(C(C)C)nsc2c1. The summed E-state index contributed by atoms with van der Waals surface area (Å²) in [5.74, 6) is 0.524. The van der Waals surface area contributed by atoms with E-state index in [2.05, 4.69) is 43.3 Å². The van der Waals surface area contributed by atoms with Gasteiger partial charge in [0.15, 0.2) is 0 Å². The van der Waals surface area contributed by atoms with Gasteiger partial charge in [-0.2, -0.15) is 4.37 Å². The number of hydrogen-bond donors (Lipinski definition) is 0. The maximum Gasteiger partial charge on any atom is 0.0646 e. The van der Waals surface area contributed by atoms with Crippen LogP contribution in [-0.4, -0.2) is 4.37 Å². The molecule has 0 unspecified atom stereocenters. The van der Waals surface area contributed by atoms with Crippen molar-refractivity contribution >= 4 is 21.6 Å². The molecule has 0 amide bonds. The Morgan fingerprint density at radius 1 is 1.31 bits per heavy atom. The van der Waals surface area contributed by atoms with E-state index in [9.17, 15) is 0 Å². The molecule has 1 aromatic carbocycles. The quantitative estimate of drug-likeness (QED) is 0.669. The molecule has 68 valence electrons. The van der Waals surface area contributed by atoms with Gasteiger partial charge < -0.3 is 0 Å². The summed E-state index contributed by atoms with van der Waals surface area (Å²) in [7, 11) is 0. The molecule has 0 N–H and O–H groups in total. The van der Waals surface area contributed by atoms with E-state index in [1.165, 1.54) is 21.3 Å². The summed E-state index contributed by atoms with van der Waals surface area (Å²) < 4.78 is 5.79. The summed E-state index contributed by atoms with van der Waals surface area (Å²) in [6, 6.07) is 6.55. The van der Waals surface area contributed by atoms with E-state index < -0.39 is 0 Å². The molecule has 0 fully saturated rings. The number of hydrogen-bond acceptors (Lipinski definition) is 2. The normalized spacial score (nSPS) is 11.4. The summed E-state index contributed by atoms with van der Waals surface area (Å²) >= 11 is 1.61. The Balaban J connectivity index is 2.69. The highest BCUT2D eigenvalue weighted by Gasteiger charge is 2.08. The van der Waals surface area contributed by atoms with Crippen LogP contribution in [0.3, 0.4) is 0 Å². The lowest BCUT2D eigenvalue weighted by molar-refractivity contribution is 0.850. The molecule has 0 aliphatic heterocycles. The Kier molecular flexibility index (Phi) is 2.08. The average molecular weight is 191 g/mol. The molecule has 0 aliphatic carbocycles. The number of nitrogens with zero attached hydrogens (tertiary/aromatic N) is 1. The van der Waals surface area contributed by atoms with Gasteiger partial charge in [-0.25, -0.2) is 0 Å². The second kappa shape index (κ2) is 3.11. The summed E-state index contributed by atoms with van der Waals surface area (Å²) in [4.78, 5) is 0. The van der Waals surface area contributed by atoms with Crippen molar-refractivity contribution in [3.63, 3.8) is 0 Å². The molecule has 13 heavy (non-hydrogen) atoms. The van der Waals surface area contributed by atoms with Gasteiger partial charge in [0.05, 0.1) is 10.4 Å². The van der Waals surface area contributed by atoms with Crippen molar-refractivity contribution in [2.45, 2.75) is 26.7 Å². The van der Waals surface area contributed by atoms with Crippen molar-refractivity contribution in [2.24, 2.45) is 0 Å². The Hall–Kier alpha value is -0.890. The topological polar surface area (TPSA) is 12.9 Å². The van der Waals surface area contributed by atoms with Crippen LogP contribution in [0.15, 0.2) is 18.2 Å². The standard InChI is InChI=1S/C11H13NS/c1-7(2)11-9-5-4-8(3)6-10(9)13-12-11/h4-7H,1-3H3. The molecular formula is C11H13NS. The van der Waals surface area contributed by atoms with Crippen molar-refractivity contribution in [3.05, 3.63) is 29.5 Å². The number of aryl methyl sites for hydroxylation is 1. The Labute approximate surface area is 82.6 Å². The maximum atomic E-state index is 4.48. The molecule has 2 heteroatoms. The van der Waals surface area contributed by atoms with Crippen molar-refractivity contribution in [2.75, 3.05) is 0 Å². The molecular weight excluding hydrogens is 178 g/mol. The van der Waals surface area contributed by atoms with Gasteiger partial charge in [0.25, 0.3) is 0 Å². The zero-order chi connectivity index (χ0) is 9.42. The highest BCUT2D eigenvalue weighted by atomic mass is 32.1. The lowest BCUT2D eigenvalue weighted by atomic mass is 10.1. The van der Waals surface area contributed by atoms with Crippen molar-refractivity contribution < 1.29 is 0 Å². The van der Waals surface area contributed by atoms with Gasteiger partial charge in [-0.05, 0) is 36.0 Å². The fraction of sp³-hybridized carbons (Fsp3) is 0.364. The number of rotatable bonds is 1. The van der Waals surface area contributed by atoms with E-state index in [4.69, 9.17) is 0 Å². The van der Waals surface area contributed by atoms with Gasteiger partial charge in [0, 0.05) is 5.39 Å². The van der Waals surface area contributed by atoms with E-state index in [1.807, 2.05) is 0 Å². The van der Waals surface area contributed by atoms with Crippen molar-refractivity contribution in [1.29, 1.82) is 0 Å². The summed E-state index contributed by atoms with van der Waals surface area (Å²) in [5.41, 5.74) is 2.55. The Morgan fingerprint density at radius 3 is 2.77 bits per heavy atom. The van der Waals surface area contributed by atoms with Crippen LogP contribution in [0.2, 0.25) is 0 Å². The third-order valence-corrected chi connectivity index (χ3v) is 3.02. The molecule has 0 aliphatic rings. The van der Waals surface area contributed by atoms with Crippen LogP contribution >= 0.6 is 11.5 Å². The predicted octanol–water partition coefficient (Wildman–Crippen LogP) is 3.73. The zero-order valence-corrected chi connectivity index (χ0v) is 8.98. The van der Waals surface area contributed by atoms with Gasteiger partial charge in [0.2, 0.25) is 0 Å². The Morgan fingerprint density at radius 2 is 2.08 bits per heavy atom. The fourth-order valence-electron chi connectivity index (χ4n) is 1.48. The van der Waals surface area contributed by atoms with Crippen LogP contribution in [-0.2, 0) is 0 Å². The smallest absolute Gasteiger partial charge is 0.0646 e. The number of aromatic nitrogens is 1. The summed E-state index contributed by atoms with van der Waals surface area (Å²) in [6.45, 7) is 6.50. The van der Waals surface area contributed by atoms with Crippen molar-refractivity contribution in [1.82, 2.24) is 4.37 Å². The highest BCUT2D eigenvalue weighted by molar-refractivity contribution is 7.13. The molecule has 2 aromatic rings. The monoisotopic (exact) mass is 191 g/mol. The number of benzene rings is 1. The number of fused-ring (bicyclic) bond motifs is 1. The van der Waals surface area contributed by atoms with E-state index >= 15 is 0 Å². The first kappa shape index (κ1) is 8.70. The van der Waals surface area contributed by atoms with E-state index in [0.29, 0.717) is 5.92 Å². The molecule has 0 saturated carbocycles. The molecule has 0 saturated heterocycles. The largest absolute Gasteiger partial charge is 0.196 e. The minimum Gasteiger partial charge on any atom is -0.196 e. The first-order valence-corrected chi connectivity index (χ1v) is 5.32. The van der Waals surface area contributed by atoms with E-state index in [0.717, 1.165) is 0 Å². The maximum absolute atomic E-state index is 4.48. The molecule has 0 bridgehead atoms. The average Bonchev–Trinajstić information content (AvgIpc) is 2.46. The highest BCUT2D eigenvalue weighted by Crippen LogP contribution is 2.28. The lowest BCUT2D eigenvalue weighted by Crippen LogP contribution is -1.86.